The quantitative estimate of drug-likeness (QED) is 0.518. The lowest BCUT2D eigenvalue weighted by molar-refractivity contribution is 0.627. The summed E-state index contributed by atoms with van der Waals surface area (Å²) >= 11 is 5.69. The number of halogens is 2. The van der Waals surface area contributed by atoms with Gasteiger partial charge in [-0.25, -0.2) is 15.2 Å². The van der Waals surface area contributed by atoms with E-state index in [4.69, 9.17) is 17.4 Å². The van der Waals surface area contributed by atoms with Gasteiger partial charge in [0.05, 0.1) is 12.2 Å². The summed E-state index contributed by atoms with van der Waals surface area (Å²) in [5.74, 6) is 5.58. The first kappa shape index (κ1) is 11.8. The molecule has 0 saturated carbocycles. The molecule has 0 bridgehead atoms. The molecule has 0 fully saturated rings. The molecule has 0 aliphatic heterocycles. The fourth-order valence-electron chi connectivity index (χ4n) is 1.42. The van der Waals surface area contributed by atoms with Gasteiger partial charge in [-0.3, -0.25) is 0 Å². The molecular weight excluding hydrogens is 241 g/mol. The van der Waals surface area contributed by atoms with E-state index in [2.05, 4.69) is 4.98 Å². The van der Waals surface area contributed by atoms with Crippen molar-refractivity contribution in [3.8, 4) is 0 Å². The first-order valence-corrected chi connectivity index (χ1v) is 5.41. The van der Waals surface area contributed by atoms with E-state index < -0.39 is 0 Å². The number of aromatic nitrogens is 1. The van der Waals surface area contributed by atoms with E-state index in [0.29, 0.717) is 11.7 Å². The van der Waals surface area contributed by atoms with Gasteiger partial charge in [-0.05, 0) is 35.9 Å². The summed E-state index contributed by atoms with van der Waals surface area (Å²) in [6.45, 7) is 0.482. The Labute approximate surface area is 104 Å². The van der Waals surface area contributed by atoms with Crippen molar-refractivity contribution in [1.82, 2.24) is 4.98 Å². The average Bonchev–Trinajstić information content (AvgIpc) is 2.33. The van der Waals surface area contributed by atoms with Gasteiger partial charge in [0.2, 0.25) is 0 Å². The lowest BCUT2D eigenvalue weighted by Gasteiger charge is -2.18. The molecule has 2 aromatic rings. The Balaban J connectivity index is 2.08. The van der Waals surface area contributed by atoms with E-state index in [1.807, 2.05) is 6.07 Å². The topological polar surface area (TPSA) is 42.1 Å². The molecule has 1 aromatic carbocycles. The highest BCUT2D eigenvalue weighted by atomic mass is 35.5. The normalized spacial score (nSPS) is 10.3. The molecular formula is C12H11ClFN3. The minimum Gasteiger partial charge on any atom is -0.307 e. The Morgan fingerprint density at radius 2 is 1.88 bits per heavy atom. The van der Waals surface area contributed by atoms with Crippen LogP contribution in [-0.4, -0.2) is 4.98 Å². The number of rotatable bonds is 3. The Bertz CT molecular complexity index is 484. The third-order valence-corrected chi connectivity index (χ3v) is 2.52. The Morgan fingerprint density at radius 1 is 1.18 bits per heavy atom. The van der Waals surface area contributed by atoms with Crippen LogP contribution in [0, 0.1) is 5.82 Å². The predicted octanol–water partition coefficient (Wildman–Crippen LogP) is 2.75. The van der Waals surface area contributed by atoms with Crippen LogP contribution in [-0.2, 0) is 6.54 Å². The summed E-state index contributed by atoms with van der Waals surface area (Å²) in [4.78, 5) is 3.96. The van der Waals surface area contributed by atoms with Crippen molar-refractivity contribution < 1.29 is 4.39 Å². The van der Waals surface area contributed by atoms with Gasteiger partial charge in [0, 0.05) is 6.20 Å². The lowest BCUT2D eigenvalue weighted by Crippen LogP contribution is -2.30. The monoisotopic (exact) mass is 251 g/mol. The van der Waals surface area contributed by atoms with Crippen LogP contribution in [0.15, 0.2) is 42.6 Å². The molecule has 0 amide bonds. The molecule has 0 spiro atoms. The Kier molecular flexibility index (Phi) is 3.56. The van der Waals surface area contributed by atoms with E-state index in [0.717, 1.165) is 11.3 Å². The van der Waals surface area contributed by atoms with Crippen molar-refractivity contribution in [2.45, 2.75) is 6.54 Å². The summed E-state index contributed by atoms with van der Waals surface area (Å²) in [5.41, 5.74) is 1.67. The SMILES string of the molecule is NN(Cc1ccc(Cl)nc1)c1ccc(F)cc1. The molecule has 5 heteroatoms. The minimum absolute atomic E-state index is 0.282. The molecule has 17 heavy (non-hydrogen) atoms. The molecule has 0 aliphatic carbocycles. The maximum absolute atomic E-state index is 12.7. The molecule has 0 saturated heterocycles. The number of hydrogen-bond donors (Lipinski definition) is 1. The average molecular weight is 252 g/mol. The van der Waals surface area contributed by atoms with Crippen LogP contribution in [0.25, 0.3) is 0 Å². The fourth-order valence-corrected chi connectivity index (χ4v) is 1.53. The second-order valence-electron chi connectivity index (χ2n) is 3.59. The predicted molar refractivity (Wildman–Crippen MR) is 66.0 cm³/mol. The number of pyridine rings is 1. The van der Waals surface area contributed by atoms with Gasteiger partial charge in [0.15, 0.2) is 0 Å². The molecule has 0 atom stereocenters. The summed E-state index contributed by atoms with van der Waals surface area (Å²) in [6.07, 6.45) is 1.66. The third-order valence-electron chi connectivity index (χ3n) is 2.30. The van der Waals surface area contributed by atoms with Crippen molar-refractivity contribution >= 4 is 17.3 Å². The van der Waals surface area contributed by atoms with E-state index in [1.165, 1.54) is 17.1 Å². The van der Waals surface area contributed by atoms with Gasteiger partial charge >= 0.3 is 0 Å². The Hall–Kier alpha value is -1.65. The van der Waals surface area contributed by atoms with Crippen LogP contribution in [0.1, 0.15) is 5.56 Å². The minimum atomic E-state index is -0.282. The fraction of sp³-hybridized carbons (Fsp3) is 0.0833. The summed E-state index contributed by atoms with van der Waals surface area (Å²) in [5, 5.41) is 1.96. The van der Waals surface area contributed by atoms with E-state index in [-0.39, 0.29) is 5.82 Å². The Morgan fingerprint density at radius 3 is 2.47 bits per heavy atom. The van der Waals surface area contributed by atoms with E-state index in [9.17, 15) is 4.39 Å². The lowest BCUT2D eigenvalue weighted by atomic mass is 10.2. The highest BCUT2D eigenvalue weighted by molar-refractivity contribution is 6.29. The first-order valence-electron chi connectivity index (χ1n) is 5.03. The molecule has 0 unspecified atom stereocenters. The highest BCUT2D eigenvalue weighted by Crippen LogP contribution is 2.14. The number of nitrogens with zero attached hydrogens (tertiary/aromatic N) is 2. The van der Waals surface area contributed by atoms with Crippen molar-refractivity contribution in [3.63, 3.8) is 0 Å². The van der Waals surface area contributed by atoms with Crippen LogP contribution in [0.4, 0.5) is 10.1 Å². The number of nitrogens with two attached hydrogens (primary N) is 1. The molecule has 3 nitrogen and oxygen atoms in total. The van der Waals surface area contributed by atoms with E-state index in [1.54, 1.807) is 24.4 Å². The second-order valence-corrected chi connectivity index (χ2v) is 3.98. The van der Waals surface area contributed by atoms with Gasteiger partial charge in [0.1, 0.15) is 11.0 Å². The molecule has 2 N–H and O–H groups in total. The summed E-state index contributed by atoms with van der Waals surface area (Å²) in [6, 6.07) is 9.54. The van der Waals surface area contributed by atoms with E-state index >= 15 is 0 Å². The largest absolute Gasteiger partial charge is 0.307 e. The summed E-state index contributed by atoms with van der Waals surface area (Å²) < 4.78 is 12.7. The maximum atomic E-state index is 12.7. The van der Waals surface area contributed by atoms with Gasteiger partial charge < -0.3 is 5.01 Å². The molecule has 88 valence electrons. The zero-order valence-corrected chi connectivity index (χ0v) is 9.73. The molecule has 1 aromatic heterocycles. The first-order chi connectivity index (χ1) is 8.15. The maximum Gasteiger partial charge on any atom is 0.129 e. The molecule has 0 aliphatic rings. The second kappa shape index (κ2) is 5.12. The number of hydrazine groups is 1. The van der Waals surface area contributed by atoms with Crippen molar-refractivity contribution in [2.24, 2.45) is 5.84 Å². The van der Waals surface area contributed by atoms with Gasteiger partial charge in [-0.1, -0.05) is 17.7 Å². The molecule has 1 heterocycles. The third kappa shape index (κ3) is 3.15. The number of hydrogen-bond acceptors (Lipinski definition) is 3. The standard InChI is InChI=1S/C12H11ClFN3/c13-12-6-1-9(7-16-12)8-17(15)11-4-2-10(14)3-5-11/h1-7H,8,15H2. The van der Waals surface area contributed by atoms with Gasteiger partial charge in [-0.2, -0.15) is 0 Å². The molecule has 2 rings (SSSR count). The zero-order chi connectivity index (χ0) is 12.3. The van der Waals surface area contributed by atoms with Crippen molar-refractivity contribution in [3.05, 3.63) is 59.1 Å². The summed E-state index contributed by atoms with van der Waals surface area (Å²) in [7, 11) is 0. The highest BCUT2D eigenvalue weighted by Gasteiger charge is 2.03. The molecule has 0 radical (unpaired) electrons. The zero-order valence-electron chi connectivity index (χ0n) is 8.98. The number of anilines is 1. The van der Waals surface area contributed by atoms with Gasteiger partial charge in [0.25, 0.3) is 0 Å². The van der Waals surface area contributed by atoms with Crippen LogP contribution < -0.4 is 10.9 Å². The van der Waals surface area contributed by atoms with Crippen LogP contribution in [0.5, 0.6) is 0 Å². The van der Waals surface area contributed by atoms with Crippen LogP contribution >= 0.6 is 11.6 Å². The van der Waals surface area contributed by atoms with Gasteiger partial charge in [-0.15, -0.1) is 0 Å². The van der Waals surface area contributed by atoms with Crippen LogP contribution in [0.3, 0.4) is 0 Å². The van der Waals surface area contributed by atoms with Crippen LogP contribution in [0.2, 0.25) is 5.15 Å². The van der Waals surface area contributed by atoms with Crippen molar-refractivity contribution in [2.75, 3.05) is 5.01 Å². The smallest absolute Gasteiger partial charge is 0.129 e. The number of benzene rings is 1. The van der Waals surface area contributed by atoms with Crippen molar-refractivity contribution in [1.29, 1.82) is 0 Å².